The molecule has 1 aliphatic heterocycles. The zero-order valence-corrected chi connectivity index (χ0v) is 16.5. The maximum Gasteiger partial charge on any atom is 0.243 e. The zero-order chi connectivity index (χ0) is 21.3. The van der Waals surface area contributed by atoms with Crippen LogP contribution in [-0.4, -0.2) is 41.3 Å². The molecule has 156 valence electrons. The van der Waals surface area contributed by atoms with Gasteiger partial charge >= 0.3 is 0 Å². The summed E-state index contributed by atoms with van der Waals surface area (Å²) < 4.78 is 26.2. The van der Waals surface area contributed by atoms with E-state index in [0.717, 1.165) is 36.3 Å². The number of carbonyl (C=O) groups excluding carboxylic acids is 2. The van der Waals surface area contributed by atoms with Gasteiger partial charge in [-0.2, -0.15) is 0 Å². The fraction of sp³-hybridized carbons (Fsp3) is 0.273. The number of nitrogens with one attached hydrogen (secondary N) is 3. The van der Waals surface area contributed by atoms with Crippen molar-refractivity contribution in [1.82, 2.24) is 15.2 Å². The van der Waals surface area contributed by atoms with Crippen molar-refractivity contribution < 1.29 is 18.4 Å². The van der Waals surface area contributed by atoms with E-state index >= 15 is 0 Å². The van der Waals surface area contributed by atoms with Crippen molar-refractivity contribution in [2.45, 2.75) is 19.4 Å². The molecule has 1 aliphatic rings. The predicted octanol–water partition coefficient (Wildman–Crippen LogP) is 3.12. The zero-order valence-electron chi connectivity index (χ0n) is 16.5. The highest BCUT2D eigenvalue weighted by Crippen LogP contribution is 2.33. The minimum Gasteiger partial charge on any atom is -0.357 e. The number of hydrogen-bond acceptors (Lipinski definition) is 3. The number of amides is 2. The van der Waals surface area contributed by atoms with E-state index in [0.29, 0.717) is 0 Å². The van der Waals surface area contributed by atoms with Gasteiger partial charge in [-0.05, 0) is 37.1 Å². The predicted molar refractivity (Wildman–Crippen MR) is 110 cm³/mol. The standard InChI is InChI=1S/C22H22F2N4O2/c1-13-22-16(15-4-2-3-5-19(15)27-22)8-9-28(13)12-21(30)25-11-20(29)26-14-6-7-17(23)18(24)10-14/h2-7,10,13,27H,8-9,11-12H2,1H3,(H,25,30)(H,26,29)/t13-/m0/s1. The number of rotatable bonds is 5. The normalized spacial score (nSPS) is 16.3. The molecule has 1 atom stereocenters. The average molecular weight is 412 g/mol. The lowest BCUT2D eigenvalue weighted by molar-refractivity contribution is -0.125. The molecule has 3 N–H and O–H groups in total. The van der Waals surface area contributed by atoms with E-state index in [9.17, 15) is 18.4 Å². The van der Waals surface area contributed by atoms with Gasteiger partial charge in [0, 0.05) is 40.9 Å². The van der Waals surface area contributed by atoms with E-state index in [1.807, 2.05) is 18.2 Å². The summed E-state index contributed by atoms with van der Waals surface area (Å²) in [4.78, 5) is 29.8. The van der Waals surface area contributed by atoms with Gasteiger partial charge in [0.1, 0.15) is 0 Å². The van der Waals surface area contributed by atoms with Gasteiger partial charge in [-0.15, -0.1) is 0 Å². The first kappa shape index (κ1) is 20.0. The van der Waals surface area contributed by atoms with E-state index < -0.39 is 17.5 Å². The summed E-state index contributed by atoms with van der Waals surface area (Å²) in [6, 6.07) is 11.3. The molecular formula is C22H22F2N4O2. The molecule has 4 rings (SSSR count). The van der Waals surface area contributed by atoms with Crippen LogP contribution in [-0.2, 0) is 16.0 Å². The second-order valence-corrected chi connectivity index (χ2v) is 7.41. The lowest BCUT2D eigenvalue weighted by atomic mass is 9.98. The highest BCUT2D eigenvalue weighted by atomic mass is 19.2. The minimum atomic E-state index is -1.05. The SMILES string of the molecule is C[C@H]1c2[nH]c3ccccc3c2CCN1CC(=O)NCC(=O)Nc1ccc(F)c(F)c1. The number of fused-ring (bicyclic) bond motifs is 3. The molecule has 30 heavy (non-hydrogen) atoms. The van der Waals surface area contributed by atoms with Crippen LogP contribution in [0, 0.1) is 11.6 Å². The summed E-state index contributed by atoms with van der Waals surface area (Å²) >= 11 is 0. The highest BCUT2D eigenvalue weighted by Gasteiger charge is 2.28. The van der Waals surface area contributed by atoms with Crippen molar-refractivity contribution in [1.29, 1.82) is 0 Å². The number of H-pyrrole nitrogens is 1. The molecule has 8 heteroatoms. The van der Waals surface area contributed by atoms with Crippen LogP contribution in [0.3, 0.4) is 0 Å². The van der Waals surface area contributed by atoms with Crippen molar-refractivity contribution >= 4 is 28.4 Å². The maximum absolute atomic E-state index is 13.2. The Morgan fingerprint density at radius 2 is 1.93 bits per heavy atom. The topological polar surface area (TPSA) is 77.2 Å². The lowest BCUT2D eigenvalue weighted by Crippen LogP contribution is -2.43. The van der Waals surface area contributed by atoms with Crippen LogP contribution in [0.1, 0.15) is 24.2 Å². The third kappa shape index (κ3) is 4.04. The molecule has 0 fully saturated rings. The molecule has 0 radical (unpaired) electrons. The molecule has 2 amide bonds. The van der Waals surface area contributed by atoms with Gasteiger partial charge in [0.15, 0.2) is 11.6 Å². The van der Waals surface area contributed by atoms with Gasteiger partial charge in [-0.3, -0.25) is 14.5 Å². The summed E-state index contributed by atoms with van der Waals surface area (Å²) in [7, 11) is 0. The molecule has 0 saturated carbocycles. The van der Waals surface area contributed by atoms with Crippen LogP contribution in [0.15, 0.2) is 42.5 Å². The molecule has 0 spiro atoms. The summed E-state index contributed by atoms with van der Waals surface area (Å²) in [5.41, 5.74) is 3.63. The quantitative estimate of drug-likeness (QED) is 0.603. The van der Waals surface area contributed by atoms with Crippen molar-refractivity contribution in [3.8, 4) is 0 Å². The molecule has 0 bridgehead atoms. The van der Waals surface area contributed by atoms with Crippen LogP contribution in [0.4, 0.5) is 14.5 Å². The summed E-state index contributed by atoms with van der Waals surface area (Å²) in [6.45, 7) is 2.70. The third-order valence-corrected chi connectivity index (χ3v) is 5.46. The van der Waals surface area contributed by atoms with Crippen molar-refractivity contribution in [2.24, 2.45) is 0 Å². The van der Waals surface area contributed by atoms with Gasteiger partial charge in [0.05, 0.1) is 13.1 Å². The number of anilines is 1. The Morgan fingerprint density at radius 3 is 2.73 bits per heavy atom. The first-order valence-electron chi connectivity index (χ1n) is 9.77. The van der Waals surface area contributed by atoms with Crippen LogP contribution in [0.2, 0.25) is 0 Å². The monoisotopic (exact) mass is 412 g/mol. The van der Waals surface area contributed by atoms with Gasteiger partial charge in [0.25, 0.3) is 0 Å². The van der Waals surface area contributed by atoms with Crippen LogP contribution >= 0.6 is 0 Å². The smallest absolute Gasteiger partial charge is 0.243 e. The molecule has 2 aromatic carbocycles. The first-order chi connectivity index (χ1) is 14.4. The molecule has 0 saturated heterocycles. The van der Waals surface area contributed by atoms with Gasteiger partial charge in [-0.1, -0.05) is 18.2 Å². The fourth-order valence-electron chi connectivity index (χ4n) is 3.89. The molecule has 3 aromatic rings. The van der Waals surface area contributed by atoms with Crippen molar-refractivity contribution in [2.75, 3.05) is 25.0 Å². The van der Waals surface area contributed by atoms with Crippen molar-refractivity contribution in [3.63, 3.8) is 0 Å². The van der Waals surface area contributed by atoms with E-state index in [2.05, 4.69) is 33.5 Å². The average Bonchev–Trinajstić information content (AvgIpc) is 3.11. The second-order valence-electron chi connectivity index (χ2n) is 7.41. The number of nitrogens with zero attached hydrogens (tertiary/aromatic N) is 1. The Labute approximate surface area is 172 Å². The largest absolute Gasteiger partial charge is 0.357 e. The number of para-hydroxylation sites is 1. The summed E-state index contributed by atoms with van der Waals surface area (Å²) in [6.07, 6.45) is 0.841. The minimum absolute atomic E-state index is 0.0444. The van der Waals surface area contributed by atoms with Crippen LogP contribution < -0.4 is 10.6 Å². The number of aromatic nitrogens is 1. The first-order valence-corrected chi connectivity index (χ1v) is 9.77. The summed E-state index contributed by atoms with van der Waals surface area (Å²) in [5.74, 6) is -2.83. The molecule has 2 heterocycles. The van der Waals surface area contributed by atoms with Crippen LogP contribution in [0.25, 0.3) is 10.9 Å². The number of halogens is 2. The number of benzene rings is 2. The molecule has 1 aromatic heterocycles. The maximum atomic E-state index is 13.2. The highest BCUT2D eigenvalue weighted by molar-refractivity contribution is 5.94. The van der Waals surface area contributed by atoms with Gasteiger partial charge in [0.2, 0.25) is 11.8 Å². The second kappa shape index (κ2) is 8.23. The van der Waals surface area contributed by atoms with E-state index in [1.54, 1.807) is 0 Å². The Morgan fingerprint density at radius 1 is 1.13 bits per heavy atom. The summed E-state index contributed by atoms with van der Waals surface area (Å²) in [5, 5.41) is 6.22. The van der Waals surface area contributed by atoms with Crippen LogP contribution in [0.5, 0.6) is 0 Å². The Bertz CT molecular complexity index is 1110. The molecule has 6 nitrogen and oxygen atoms in total. The fourth-order valence-corrected chi connectivity index (χ4v) is 3.89. The van der Waals surface area contributed by atoms with Crippen molar-refractivity contribution in [3.05, 3.63) is 65.4 Å². The van der Waals surface area contributed by atoms with E-state index in [1.165, 1.54) is 17.0 Å². The molecule has 0 unspecified atom stereocenters. The van der Waals surface area contributed by atoms with E-state index in [4.69, 9.17) is 0 Å². The number of hydrogen-bond donors (Lipinski definition) is 3. The van der Waals surface area contributed by atoms with Gasteiger partial charge < -0.3 is 15.6 Å². The molecular weight excluding hydrogens is 390 g/mol. The Kier molecular flexibility index (Phi) is 5.50. The molecule has 0 aliphatic carbocycles. The Hall–Kier alpha value is -3.26. The number of carbonyl (C=O) groups is 2. The Balaban J connectivity index is 1.32. The third-order valence-electron chi connectivity index (χ3n) is 5.46. The number of aromatic amines is 1. The lowest BCUT2D eigenvalue weighted by Gasteiger charge is -2.32. The van der Waals surface area contributed by atoms with E-state index in [-0.39, 0.29) is 30.7 Å². The van der Waals surface area contributed by atoms with Gasteiger partial charge in [-0.25, -0.2) is 8.78 Å².